The number of H-pyrrole nitrogens is 1. The molecule has 1 amide bonds. The summed E-state index contributed by atoms with van der Waals surface area (Å²) in [5.41, 5.74) is 1.24. The van der Waals surface area contributed by atoms with Crippen molar-refractivity contribution < 1.29 is 9.90 Å². The molecule has 0 radical (unpaired) electrons. The molecule has 4 nitrogen and oxygen atoms in total. The number of aliphatic hydroxyl groups is 1. The van der Waals surface area contributed by atoms with E-state index >= 15 is 0 Å². The summed E-state index contributed by atoms with van der Waals surface area (Å²) in [6.45, 7) is 0.0157. The van der Waals surface area contributed by atoms with Crippen LogP contribution in [0.15, 0.2) is 30.5 Å². The predicted molar refractivity (Wildman–Crippen MR) is 64.8 cm³/mol. The Hall–Kier alpha value is -1.81. The molecule has 1 saturated carbocycles. The average Bonchev–Trinajstić information content (AvgIpc) is 2.95. The maximum Gasteiger partial charge on any atom is 0.252 e. The Morgan fingerprint density at radius 2 is 2.24 bits per heavy atom. The molecule has 0 aliphatic heterocycles. The number of amides is 1. The van der Waals surface area contributed by atoms with Crippen LogP contribution in [0.25, 0.3) is 10.9 Å². The Balaban J connectivity index is 1.93. The highest BCUT2D eigenvalue weighted by Crippen LogP contribution is 2.35. The standard InChI is InChI=1S/C13H14N2O2/c16-8-13(5-6-13)15-12(17)10-2-1-3-11-9(10)4-7-14-11/h1-4,7,14,16H,5-6,8H2,(H,15,17). The smallest absolute Gasteiger partial charge is 0.252 e. The Bertz CT molecular complexity index is 570. The minimum Gasteiger partial charge on any atom is -0.394 e. The fourth-order valence-electron chi connectivity index (χ4n) is 2.07. The first-order valence-corrected chi connectivity index (χ1v) is 5.74. The van der Waals surface area contributed by atoms with E-state index in [9.17, 15) is 9.90 Å². The van der Waals surface area contributed by atoms with Crippen molar-refractivity contribution in [2.75, 3.05) is 6.61 Å². The molecule has 1 aromatic heterocycles. The van der Waals surface area contributed by atoms with Crippen molar-refractivity contribution >= 4 is 16.8 Å². The second kappa shape index (κ2) is 3.60. The van der Waals surface area contributed by atoms with Gasteiger partial charge in [-0.15, -0.1) is 0 Å². The lowest BCUT2D eigenvalue weighted by Gasteiger charge is -2.14. The van der Waals surface area contributed by atoms with Crippen molar-refractivity contribution in [3.8, 4) is 0 Å². The van der Waals surface area contributed by atoms with Crippen molar-refractivity contribution in [3.63, 3.8) is 0 Å². The van der Waals surface area contributed by atoms with Crippen molar-refractivity contribution in [1.29, 1.82) is 0 Å². The quantitative estimate of drug-likeness (QED) is 0.746. The number of carbonyl (C=O) groups excluding carboxylic acids is 1. The molecule has 0 saturated heterocycles. The molecular weight excluding hydrogens is 216 g/mol. The minimum atomic E-state index is -0.366. The van der Waals surface area contributed by atoms with Crippen LogP contribution in [-0.4, -0.2) is 28.1 Å². The summed E-state index contributed by atoms with van der Waals surface area (Å²) in [5, 5.41) is 13.0. The lowest BCUT2D eigenvalue weighted by atomic mass is 10.1. The summed E-state index contributed by atoms with van der Waals surface area (Å²) >= 11 is 0. The number of aromatic amines is 1. The van der Waals surface area contributed by atoms with Crippen LogP contribution in [0.4, 0.5) is 0 Å². The normalized spacial score (nSPS) is 17.0. The highest BCUT2D eigenvalue weighted by molar-refractivity contribution is 6.06. The second-order valence-corrected chi connectivity index (χ2v) is 4.64. The van der Waals surface area contributed by atoms with Gasteiger partial charge in [-0.1, -0.05) is 6.07 Å². The maximum atomic E-state index is 12.1. The number of carbonyl (C=O) groups is 1. The molecule has 17 heavy (non-hydrogen) atoms. The fourth-order valence-corrected chi connectivity index (χ4v) is 2.07. The Labute approximate surface area is 98.6 Å². The molecule has 0 unspecified atom stereocenters. The topological polar surface area (TPSA) is 65.1 Å². The summed E-state index contributed by atoms with van der Waals surface area (Å²) in [4.78, 5) is 15.2. The van der Waals surface area contributed by atoms with E-state index in [2.05, 4.69) is 10.3 Å². The van der Waals surface area contributed by atoms with Crippen molar-refractivity contribution in [2.24, 2.45) is 0 Å². The first-order chi connectivity index (χ1) is 8.24. The van der Waals surface area contributed by atoms with Crippen molar-refractivity contribution in [3.05, 3.63) is 36.0 Å². The number of aliphatic hydroxyl groups excluding tert-OH is 1. The van der Waals surface area contributed by atoms with Crippen LogP contribution in [0.3, 0.4) is 0 Å². The summed E-state index contributed by atoms with van der Waals surface area (Å²) in [6, 6.07) is 7.49. The van der Waals surface area contributed by atoms with E-state index < -0.39 is 0 Å². The molecule has 1 aliphatic rings. The third kappa shape index (κ3) is 1.70. The van der Waals surface area contributed by atoms with Gasteiger partial charge in [0.25, 0.3) is 5.91 Å². The van der Waals surface area contributed by atoms with E-state index in [1.807, 2.05) is 24.4 Å². The van der Waals surface area contributed by atoms with Gasteiger partial charge in [-0.3, -0.25) is 4.79 Å². The Kier molecular flexibility index (Phi) is 2.19. The second-order valence-electron chi connectivity index (χ2n) is 4.64. The average molecular weight is 230 g/mol. The van der Waals surface area contributed by atoms with E-state index in [-0.39, 0.29) is 18.1 Å². The first kappa shape index (κ1) is 10.4. The van der Waals surface area contributed by atoms with E-state index in [0.717, 1.165) is 23.7 Å². The molecule has 0 spiro atoms. The number of benzene rings is 1. The predicted octanol–water partition coefficient (Wildman–Crippen LogP) is 1.42. The number of hydrogen-bond acceptors (Lipinski definition) is 2. The summed E-state index contributed by atoms with van der Waals surface area (Å²) < 4.78 is 0. The summed E-state index contributed by atoms with van der Waals surface area (Å²) in [6.07, 6.45) is 3.54. The van der Waals surface area contributed by atoms with E-state index in [1.54, 1.807) is 6.07 Å². The van der Waals surface area contributed by atoms with Gasteiger partial charge in [0.15, 0.2) is 0 Å². The molecule has 3 N–H and O–H groups in total. The van der Waals surface area contributed by atoms with E-state index in [1.165, 1.54) is 0 Å². The third-order valence-corrected chi connectivity index (χ3v) is 3.37. The third-order valence-electron chi connectivity index (χ3n) is 3.37. The zero-order valence-corrected chi connectivity index (χ0v) is 9.36. The molecule has 1 heterocycles. The largest absolute Gasteiger partial charge is 0.394 e. The van der Waals surface area contributed by atoms with Crippen LogP contribution in [0, 0.1) is 0 Å². The van der Waals surface area contributed by atoms with Crippen LogP contribution >= 0.6 is 0 Å². The van der Waals surface area contributed by atoms with Gasteiger partial charge in [-0.2, -0.15) is 0 Å². The molecule has 88 valence electrons. The number of rotatable bonds is 3. The van der Waals surface area contributed by atoms with Crippen LogP contribution < -0.4 is 5.32 Å². The van der Waals surface area contributed by atoms with Gasteiger partial charge in [-0.25, -0.2) is 0 Å². The molecule has 3 rings (SSSR count). The van der Waals surface area contributed by atoms with E-state index in [0.29, 0.717) is 5.56 Å². The van der Waals surface area contributed by atoms with Gasteiger partial charge in [0, 0.05) is 22.7 Å². The summed E-state index contributed by atoms with van der Waals surface area (Å²) in [7, 11) is 0. The molecular formula is C13H14N2O2. The van der Waals surface area contributed by atoms with Gasteiger partial charge in [0.05, 0.1) is 12.1 Å². The number of hydrogen-bond donors (Lipinski definition) is 3. The molecule has 0 atom stereocenters. The van der Waals surface area contributed by atoms with Gasteiger partial charge in [0.2, 0.25) is 0 Å². The Morgan fingerprint density at radius 1 is 1.41 bits per heavy atom. The monoisotopic (exact) mass is 230 g/mol. The van der Waals surface area contributed by atoms with Gasteiger partial charge < -0.3 is 15.4 Å². The minimum absolute atomic E-state index is 0.0157. The SMILES string of the molecule is O=C(NC1(CO)CC1)c1cccc2[nH]ccc12. The highest BCUT2D eigenvalue weighted by Gasteiger charge is 2.43. The fraction of sp³-hybridized carbons (Fsp3) is 0.308. The van der Waals surface area contributed by atoms with Crippen molar-refractivity contribution in [2.45, 2.75) is 18.4 Å². The van der Waals surface area contributed by atoms with E-state index in [4.69, 9.17) is 0 Å². The lowest BCUT2D eigenvalue weighted by molar-refractivity contribution is 0.0908. The zero-order valence-electron chi connectivity index (χ0n) is 9.36. The highest BCUT2D eigenvalue weighted by atomic mass is 16.3. The van der Waals surface area contributed by atoms with Gasteiger partial charge in [-0.05, 0) is 31.0 Å². The van der Waals surface area contributed by atoms with Crippen LogP contribution in [0.5, 0.6) is 0 Å². The van der Waals surface area contributed by atoms with Gasteiger partial charge >= 0.3 is 0 Å². The number of nitrogens with one attached hydrogen (secondary N) is 2. The van der Waals surface area contributed by atoms with Crippen LogP contribution in [0.2, 0.25) is 0 Å². The molecule has 4 heteroatoms. The molecule has 0 bridgehead atoms. The molecule has 1 aliphatic carbocycles. The number of aromatic nitrogens is 1. The van der Waals surface area contributed by atoms with Gasteiger partial charge in [0.1, 0.15) is 0 Å². The molecule has 2 aromatic rings. The van der Waals surface area contributed by atoms with Crippen LogP contribution in [-0.2, 0) is 0 Å². The summed E-state index contributed by atoms with van der Waals surface area (Å²) in [5.74, 6) is -0.109. The number of fused-ring (bicyclic) bond motifs is 1. The molecule has 1 fully saturated rings. The zero-order chi connectivity index (χ0) is 11.9. The molecule has 1 aromatic carbocycles. The lowest BCUT2D eigenvalue weighted by Crippen LogP contribution is -2.39. The first-order valence-electron chi connectivity index (χ1n) is 5.74. The Morgan fingerprint density at radius 3 is 2.94 bits per heavy atom. The maximum absolute atomic E-state index is 12.1. The van der Waals surface area contributed by atoms with Crippen LogP contribution in [0.1, 0.15) is 23.2 Å². The van der Waals surface area contributed by atoms with Crippen molar-refractivity contribution in [1.82, 2.24) is 10.3 Å².